The number of nitrogens with one attached hydrogen (secondary N) is 1. The summed E-state index contributed by atoms with van der Waals surface area (Å²) in [5, 5.41) is 2.35. The summed E-state index contributed by atoms with van der Waals surface area (Å²) in [7, 11) is 0. The second kappa shape index (κ2) is 8.28. The van der Waals surface area contributed by atoms with E-state index in [1.54, 1.807) is 19.1 Å². The summed E-state index contributed by atoms with van der Waals surface area (Å²) in [6, 6.07) is 9.94. The van der Waals surface area contributed by atoms with Crippen molar-refractivity contribution < 1.29 is 23.5 Å². The molecule has 5 nitrogen and oxygen atoms in total. The Kier molecular flexibility index (Phi) is 6.11. The standard InChI is InChI=1S/C19H20FNO4/c1-12-7-8-16(15(20)9-12)21-18(22)10-25-19(23)11-24-17-6-4-5-13(2)14(17)3/h4-9H,10-11H2,1-3H3,(H,21,22). The van der Waals surface area contributed by atoms with Gasteiger partial charge in [0, 0.05) is 0 Å². The molecule has 132 valence electrons. The van der Waals surface area contributed by atoms with E-state index in [0.717, 1.165) is 16.7 Å². The fraction of sp³-hybridized carbons (Fsp3) is 0.263. The number of aryl methyl sites for hydroxylation is 2. The van der Waals surface area contributed by atoms with Crippen LogP contribution in [0.3, 0.4) is 0 Å². The van der Waals surface area contributed by atoms with E-state index in [1.165, 1.54) is 12.1 Å². The SMILES string of the molecule is Cc1ccc(NC(=O)COC(=O)COc2cccc(C)c2C)c(F)c1. The van der Waals surface area contributed by atoms with Crippen molar-refractivity contribution in [2.75, 3.05) is 18.5 Å². The normalized spacial score (nSPS) is 10.2. The number of esters is 1. The van der Waals surface area contributed by atoms with Crippen LogP contribution in [-0.4, -0.2) is 25.1 Å². The Morgan fingerprint density at radius 3 is 2.56 bits per heavy atom. The number of carbonyl (C=O) groups excluding carboxylic acids is 2. The molecule has 1 amide bonds. The Balaban J connectivity index is 1.79. The molecule has 0 saturated carbocycles. The number of hydrogen-bond acceptors (Lipinski definition) is 4. The molecule has 0 atom stereocenters. The van der Waals surface area contributed by atoms with Gasteiger partial charge in [0.1, 0.15) is 11.6 Å². The van der Waals surface area contributed by atoms with Crippen molar-refractivity contribution in [3.63, 3.8) is 0 Å². The minimum atomic E-state index is -0.680. The molecule has 2 rings (SSSR count). The summed E-state index contributed by atoms with van der Waals surface area (Å²) >= 11 is 0. The van der Waals surface area contributed by atoms with Crippen LogP contribution in [0, 0.1) is 26.6 Å². The van der Waals surface area contributed by atoms with Gasteiger partial charge in [-0.3, -0.25) is 4.79 Å². The summed E-state index contributed by atoms with van der Waals surface area (Å²) in [4.78, 5) is 23.4. The molecule has 0 radical (unpaired) electrons. The summed E-state index contributed by atoms with van der Waals surface area (Å²) in [6.45, 7) is 4.75. The molecule has 0 fully saturated rings. The third kappa shape index (κ3) is 5.31. The Hall–Kier alpha value is -2.89. The van der Waals surface area contributed by atoms with Crippen LogP contribution in [0.5, 0.6) is 5.75 Å². The second-order valence-corrected chi connectivity index (χ2v) is 5.68. The highest BCUT2D eigenvalue weighted by molar-refractivity contribution is 5.93. The molecule has 0 aliphatic heterocycles. The number of rotatable bonds is 6. The molecule has 0 heterocycles. The monoisotopic (exact) mass is 345 g/mol. The number of anilines is 1. The number of amides is 1. The number of ether oxygens (including phenoxy) is 2. The maximum atomic E-state index is 13.6. The summed E-state index contributed by atoms with van der Waals surface area (Å²) in [5.41, 5.74) is 2.76. The largest absolute Gasteiger partial charge is 0.482 e. The number of benzene rings is 2. The van der Waals surface area contributed by atoms with E-state index in [9.17, 15) is 14.0 Å². The minimum Gasteiger partial charge on any atom is -0.482 e. The van der Waals surface area contributed by atoms with Gasteiger partial charge in [-0.15, -0.1) is 0 Å². The molecule has 2 aromatic rings. The lowest BCUT2D eigenvalue weighted by Crippen LogP contribution is -2.24. The Morgan fingerprint density at radius 2 is 1.84 bits per heavy atom. The highest BCUT2D eigenvalue weighted by Gasteiger charge is 2.11. The van der Waals surface area contributed by atoms with Crippen molar-refractivity contribution >= 4 is 17.6 Å². The van der Waals surface area contributed by atoms with Crippen molar-refractivity contribution in [1.29, 1.82) is 0 Å². The molecule has 25 heavy (non-hydrogen) atoms. The Bertz CT molecular complexity index is 789. The maximum absolute atomic E-state index is 13.6. The fourth-order valence-electron chi connectivity index (χ4n) is 2.11. The first-order chi connectivity index (χ1) is 11.9. The average Bonchev–Trinajstić information content (AvgIpc) is 2.57. The quantitative estimate of drug-likeness (QED) is 0.816. The first kappa shape index (κ1) is 18.4. The first-order valence-electron chi connectivity index (χ1n) is 7.77. The van der Waals surface area contributed by atoms with Crippen LogP contribution in [0.15, 0.2) is 36.4 Å². The van der Waals surface area contributed by atoms with E-state index in [4.69, 9.17) is 9.47 Å². The lowest BCUT2D eigenvalue weighted by molar-refractivity contribution is -0.149. The van der Waals surface area contributed by atoms with Crippen LogP contribution in [0.4, 0.5) is 10.1 Å². The molecular weight excluding hydrogens is 325 g/mol. The van der Waals surface area contributed by atoms with Gasteiger partial charge >= 0.3 is 5.97 Å². The molecule has 0 aliphatic rings. The third-order valence-corrected chi connectivity index (χ3v) is 3.66. The molecule has 1 N–H and O–H groups in total. The second-order valence-electron chi connectivity index (χ2n) is 5.68. The molecule has 0 aromatic heterocycles. The van der Waals surface area contributed by atoms with E-state index in [0.29, 0.717) is 5.75 Å². The lowest BCUT2D eigenvalue weighted by atomic mass is 10.1. The number of halogens is 1. The predicted molar refractivity (Wildman–Crippen MR) is 92.1 cm³/mol. The Labute approximate surface area is 145 Å². The lowest BCUT2D eigenvalue weighted by Gasteiger charge is -2.11. The van der Waals surface area contributed by atoms with Crippen LogP contribution in [0.1, 0.15) is 16.7 Å². The summed E-state index contributed by atoms with van der Waals surface area (Å²) in [5.74, 6) is -1.26. The summed E-state index contributed by atoms with van der Waals surface area (Å²) in [6.07, 6.45) is 0. The van der Waals surface area contributed by atoms with E-state index in [-0.39, 0.29) is 12.3 Å². The third-order valence-electron chi connectivity index (χ3n) is 3.66. The molecule has 0 bridgehead atoms. The fourth-order valence-corrected chi connectivity index (χ4v) is 2.11. The number of hydrogen-bond donors (Lipinski definition) is 1. The van der Waals surface area contributed by atoms with Gasteiger partial charge in [0.25, 0.3) is 5.91 Å². The minimum absolute atomic E-state index is 0.0401. The average molecular weight is 345 g/mol. The van der Waals surface area contributed by atoms with Crippen LogP contribution in [-0.2, 0) is 14.3 Å². The van der Waals surface area contributed by atoms with Crippen molar-refractivity contribution in [3.05, 3.63) is 58.9 Å². The van der Waals surface area contributed by atoms with Crippen molar-refractivity contribution in [1.82, 2.24) is 0 Å². The van der Waals surface area contributed by atoms with Gasteiger partial charge in [-0.1, -0.05) is 18.2 Å². The zero-order valence-electron chi connectivity index (χ0n) is 14.4. The molecule has 0 spiro atoms. The van der Waals surface area contributed by atoms with E-state index < -0.39 is 24.3 Å². The highest BCUT2D eigenvalue weighted by Crippen LogP contribution is 2.20. The first-order valence-corrected chi connectivity index (χ1v) is 7.77. The highest BCUT2D eigenvalue weighted by atomic mass is 19.1. The van der Waals surface area contributed by atoms with Crippen molar-refractivity contribution in [2.24, 2.45) is 0 Å². The predicted octanol–water partition coefficient (Wildman–Crippen LogP) is 3.31. The van der Waals surface area contributed by atoms with Crippen molar-refractivity contribution in [2.45, 2.75) is 20.8 Å². The maximum Gasteiger partial charge on any atom is 0.344 e. The van der Waals surface area contributed by atoms with Gasteiger partial charge in [-0.2, -0.15) is 0 Å². The molecule has 2 aromatic carbocycles. The van der Waals surface area contributed by atoms with E-state index in [1.807, 2.05) is 26.0 Å². The van der Waals surface area contributed by atoms with Crippen LogP contribution in [0.2, 0.25) is 0 Å². The molecule has 6 heteroatoms. The summed E-state index contributed by atoms with van der Waals surface area (Å²) < 4.78 is 23.9. The van der Waals surface area contributed by atoms with Gasteiger partial charge in [-0.05, 0) is 55.7 Å². The Morgan fingerprint density at radius 1 is 1.08 bits per heavy atom. The van der Waals surface area contributed by atoms with Gasteiger partial charge < -0.3 is 14.8 Å². The van der Waals surface area contributed by atoms with Gasteiger partial charge in [-0.25, -0.2) is 9.18 Å². The van der Waals surface area contributed by atoms with Crippen LogP contribution < -0.4 is 10.1 Å². The van der Waals surface area contributed by atoms with Crippen LogP contribution >= 0.6 is 0 Å². The van der Waals surface area contributed by atoms with Gasteiger partial charge in [0.2, 0.25) is 0 Å². The molecule has 0 aliphatic carbocycles. The van der Waals surface area contributed by atoms with Crippen molar-refractivity contribution in [3.8, 4) is 5.75 Å². The van der Waals surface area contributed by atoms with Crippen LogP contribution in [0.25, 0.3) is 0 Å². The molecule has 0 saturated heterocycles. The smallest absolute Gasteiger partial charge is 0.344 e. The van der Waals surface area contributed by atoms with E-state index in [2.05, 4.69) is 5.32 Å². The van der Waals surface area contributed by atoms with E-state index >= 15 is 0 Å². The topological polar surface area (TPSA) is 64.6 Å². The molecular formula is C19H20FNO4. The zero-order valence-corrected chi connectivity index (χ0v) is 14.4. The zero-order chi connectivity index (χ0) is 18.4. The van der Waals surface area contributed by atoms with Gasteiger partial charge in [0.15, 0.2) is 13.2 Å². The number of carbonyl (C=O) groups is 2. The molecule has 0 unspecified atom stereocenters. The van der Waals surface area contributed by atoms with Gasteiger partial charge in [0.05, 0.1) is 5.69 Å².